The van der Waals surface area contributed by atoms with Crippen molar-refractivity contribution in [1.29, 1.82) is 0 Å². The Bertz CT molecular complexity index is 487. The molecule has 1 atom stereocenters. The van der Waals surface area contributed by atoms with E-state index in [2.05, 4.69) is 50.7 Å². The predicted molar refractivity (Wildman–Crippen MR) is 96.3 cm³/mol. The van der Waals surface area contributed by atoms with Crippen molar-refractivity contribution < 1.29 is 4.79 Å². The second-order valence-corrected chi connectivity index (χ2v) is 5.94. The number of nitrogens with one attached hydrogen (secondary N) is 3. The average Bonchev–Trinajstić information content (AvgIpc) is 2.49. The molecular weight excluding hydrogens is 344 g/mol. The summed E-state index contributed by atoms with van der Waals surface area (Å²) in [5.41, 5.74) is 0.793. The number of rotatable bonds is 7. The molecule has 5 nitrogen and oxygen atoms in total. The summed E-state index contributed by atoms with van der Waals surface area (Å²) in [4.78, 5) is 16.3. The van der Waals surface area contributed by atoms with E-state index in [-0.39, 0.29) is 5.91 Å². The highest BCUT2D eigenvalue weighted by Gasteiger charge is 2.04. The molecular formula is C16H25BrN4O. The lowest BCUT2D eigenvalue weighted by Gasteiger charge is -2.16. The number of carbonyl (C=O) groups is 1. The van der Waals surface area contributed by atoms with E-state index in [1.807, 2.05) is 31.2 Å². The van der Waals surface area contributed by atoms with Gasteiger partial charge < -0.3 is 16.0 Å². The molecule has 1 rings (SSSR count). The first-order valence-electron chi connectivity index (χ1n) is 7.65. The molecule has 0 aliphatic heterocycles. The van der Waals surface area contributed by atoms with E-state index in [1.54, 1.807) is 0 Å². The van der Waals surface area contributed by atoms with E-state index >= 15 is 0 Å². The van der Waals surface area contributed by atoms with Gasteiger partial charge >= 0.3 is 0 Å². The molecule has 1 unspecified atom stereocenters. The number of aliphatic imine (C=N–C) groups is 1. The normalized spacial score (nSPS) is 12.6. The smallest absolute Gasteiger partial charge is 0.226 e. The van der Waals surface area contributed by atoms with Crippen LogP contribution in [0.3, 0.4) is 0 Å². The first-order chi connectivity index (χ1) is 10.5. The Morgan fingerprint density at radius 3 is 2.55 bits per heavy atom. The predicted octanol–water partition coefficient (Wildman–Crippen LogP) is 3.13. The molecule has 122 valence electrons. The van der Waals surface area contributed by atoms with Crippen LogP contribution in [0.15, 0.2) is 33.7 Å². The number of hydrogen-bond acceptors (Lipinski definition) is 2. The Labute approximate surface area is 141 Å². The molecule has 1 aromatic rings. The largest absolute Gasteiger partial charge is 0.357 e. The molecule has 0 spiro atoms. The highest BCUT2D eigenvalue weighted by Crippen LogP contribution is 2.14. The van der Waals surface area contributed by atoms with Crippen LogP contribution in [0.4, 0.5) is 5.69 Å². The molecule has 22 heavy (non-hydrogen) atoms. The summed E-state index contributed by atoms with van der Waals surface area (Å²) in [7, 11) is 0. The third-order valence-electron chi connectivity index (χ3n) is 3.08. The van der Waals surface area contributed by atoms with E-state index in [0.29, 0.717) is 19.0 Å². The van der Waals surface area contributed by atoms with Gasteiger partial charge in [0.05, 0.1) is 6.54 Å². The molecule has 0 radical (unpaired) electrons. The molecule has 0 heterocycles. The molecule has 0 aliphatic carbocycles. The maximum Gasteiger partial charge on any atom is 0.226 e. The summed E-state index contributed by atoms with van der Waals surface area (Å²) < 4.78 is 0.987. The van der Waals surface area contributed by atoms with Gasteiger partial charge in [-0.2, -0.15) is 0 Å². The van der Waals surface area contributed by atoms with Crippen molar-refractivity contribution in [3.63, 3.8) is 0 Å². The average molecular weight is 369 g/mol. The molecule has 6 heteroatoms. The second-order valence-electron chi connectivity index (χ2n) is 5.02. The lowest BCUT2D eigenvalue weighted by Crippen LogP contribution is -2.42. The zero-order valence-corrected chi connectivity index (χ0v) is 15.0. The van der Waals surface area contributed by atoms with Gasteiger partial charge in [0, 0.05) is 29.2 Å². The number of benzene rings is 1. The third-order valence-corrected chi connectivity index (χ3v) is 3.61. The van der Waals surface area contributed by atoms with Crippen molar-refractivity contribution in [1.82, 2.24) is 10.6 Å². The Morgan fingerprint density at radius 2 is 1.95 bits per heavy atom. The fraction of sp³-hybridized carbons (Fsp3) is 0.500. The molecule has 1 amide bonds. The zero-order chi connectivity index (χ0) is 16.4. The van der Waals surface area contributed by atoms with E-state index < -0.39 is 0 Å². The Balaban J connectivity index is 2.43. The fourth-order valence-corrected chi connectivity index (χ4v) is 1.95. The first kappa shape index (κ1) is 18.5. The minimum atomic E-state index is -0.0366. The minimum Gasteiger partial charge on any atom is -0.357 e. The van der Waals surface area contributed by atoms with Gasteiger partial charge in [-0.05, 0) is 44.5 Å². The van der Waals surface area contributed by atoms with Crippen molar-refractivity contribution in [3.8, 4) is 0 Å². The van der Waals surface area contributed by atoms with Gasteiger partial charge in [0.1, 0.15) is 0 Å². The lowest BCUT2D eigenvalue weighted by atomic mass is 10.3. The van der Waals surface area contributed by atoms with E-state index in [9.17, 15) is 4.79 Å². The fourth-order valence-electron chi connectivity index (χ4n) is 1.68. The van der Waals surface area contributed by atoms with E-state index in [0.717, 1.165) is 29.1 Å². The summed E-state index contributed by atoms with van der Waals surface area (Å²) in [5, 5.41) is 9.34. The summed E-state index contributed by atoms with van der Waals surface area (Å²) >= 11 is 3.37. The SMILES string of the molecule is CCNC(=NCCC(=O)Nc1ccc(Br)cc1)NC(C)CC. The topological polar surface area (TPSA) is 65.5 Å². The van der Waals surface area contributed by atoms with Gasteiger partial charge in [-0.3, -0.25) is 9.79 Å². The van der Waals surface area contributed by atoms with Crippen LogP contribution >= 0.6 is 15.9 Å². The molecule has 0 aromatic heterocycles. The van der Waals surface area contributed by atoms with Gasteiger partial charge in [-0.15, -0.1) is 0 Å². The molecule has 0 saturated carbocycles. The van der Waals surface area contributed by atoms with Crippen LogP contribution in [0.5, 0.6) is 0 Å². The van der Waals surface area contributed by atoms with Crippen molar-refractivity contribution in [2.75, 3.05) is 18.4 Å². The molecule has 0 saturated heterocycles. The Morgan fingerprint density at radius 1 is 1.27 bits per heavy atom. The number of nitrogens with zero attached hydrogens (tertiary/aromatic N) is 1. The molecule has 3 N–H and O–H groups in total. The molecule has 0 bridgehead atoms. The number of anilines is 1. The van der Waals surface area contributed by atoms with Crippen molar-refractivity contribution in [3.05, 3.63) is 28.7 Å². The first-order valence-corrected chi connectivity index (χ1v) is 8.44. The molecule has 0 fully saturated rings. The number of amides is 1. The summed E-state index contributed by atoms with van der Waals surface area (Å²) in [5.74, 6) is 0.721. The monoisotopic (exact) mass is 368 g/mol. The van der Waals surface area contributed by atoms with Crippen LogP contribution in [0, 0.1) is 0 Å². The molecule has 1 aromatic carbocycles. The van der Waals surface area contributed by atoms with Crippen LogP contribution < -0.4 is 16.0 Å². The van der Waals surface area contributed by atoms with Crippen LogP contribution in [-0.4, -0.2) is 31.0 Å². The quantitative estimate of drug-likeness (QED) is 0.511. The van der Waals surface area contributed by atoms with E-state index in [4.69, 9.17) is 0 Å². The van der Waals surface area contributed by atoms with Gasteiger partial charge in [0.25, 0.3) is 0 Å². The Kier molecular flexibility index (Phi) is 8.58. The number of guanidine groups is 1. The van der Waals surface area contributed by atoms with Gasteiger partial charge in [-0.1, -0.05) is 22.9 Å². The molecule has 0 aliphatic rings. The summed E-state index contributed by atoms with van der Waals surface area (Å²) in [6, 6.07) is 7.87. The Hall–Kier alpha value is -1.56. The van der Waals surface area contributed by atoms with Gasteiger partial charge in [0.2, 0.25) is 5.91 Å². The standard InChI is InChI=1S/C16H25BrN4O/c1-4-12(3)20-16(18-5-2)19-11-10-15(22)21-14-8-6-13(17)7-9-14/h6-9,12H,4-5,10-11H2,1-3H3,(H,21,22)(H2,18,19,20). The van der Waals surface area contributed by atoms with Crippen LogP contribution in [0.1, 0.15) is 33.6 Å². The van der Waals surface area contributed by atoms with E-state index in [1.165, 1.54) is 0 Å². The van der Waals surface area contributed by atoms with Crippen molar-refractivity contribution in [2.45, 2.75) is 39.7 Å². The van der Waals surface area contributed by atoms with Crippen LogP contribution in [0.25, 0.3) is 0 Å². The van der Waals surface area contributed by atoms with Crippen molar-refractivity contribution in [2.24, 2.45) is 4.99 Å². The summed E-state index contributed by atoms with van der Waals surface area (Å²) in [6.07, 6.45) is 1.38. The van der Waals surface area contributed by atoms with Gasteiger partial charge in [0.15, 0.2) is 5.96 Å². The maximum atomic E-state index is 11.9. The second kappa shape index (κ2) is 10.2. The van der Waals surface area contributed by atoms with Crippen LogP contribution in [-0.2, 0) is 4.79 Å². The minimum absolute atomic E-state index is 0.0366. The number of hydrogen-bond donors (Lipinski definition) is 3. The third kappa shape index (κ3) is 7.45. The zero-order valence-electron chi connectivity index (χ0n) is 13.4. The van der Waals surface area contributed by atoms with Crippen LogP contribution in [0.2, 0.25) is 0 Å². The number of carbonyl (C=O) groups excluding carboxylic acids is 1. The van der Waals surface area contributed by atoms with Gasteiger partial charge in [-0.25, -0.2) is 0 Å². The maximum absolute atomic E-state index is 11.9. The highest BCUT2D eigenvalue weighted by atomic mass is 79.9. The van der Waals surface area contributed by atoms with Crippen molar-refractivity contribution >= 4 is 33.5 Å². The number of halogens is 1. The summed E-state index contributed by atoms with van der Waals surface area (Å²) in [6.45, 7) is 7.50. The highest BCUT2D eigenvalue weighted by molar-refractivity contribution is 9.10. The lowest BCUT2D eigenvalue weighted by molar-refractivity contribution is -0.116.